The van der Waals surface area contributed by atoms with Crippen LogP contribution >= 0.6 is 23.2 Å². The summed E-state index contributed by atoms with van der Waals surface area (Å²) < 4.78 is 6.50. The summed E-state index contributed by atoms with van der Waals surface area (Å²) in [7, 11) is 0. The third-order valence-electron chi connectivity index (χ3n) is 5.66. The fourth-order valence-corrected chi connectivity index (χ4v) is 4.41. The van der Waals surface area contributed by atoms with Gasteiger partial charge in [-0.05, 0) is 48.7 Å². The number of ether oxygens (including phenoxy) is 1. The van der Waals surface area contributed by atoms with E-state index >= 15 is 0 Å². The van der Waals surface area contributed by atoms with E-state index in [1.165, 1.54) is 0 Å². The van der Waals surface area contributed by atoms with Gasteiger partial charge in [-0.3, -0.25) is 4.79 Å². The molecule has 2 aromatic carbocycles. The van der Waals surface area contributed by atoms with Crippen LogP contribution in [0.25, 0.3) is 0 Å². The van der Waals surface area contributed by atoms with Gasteiger partial charge in [0.05, 0.1) is 18.7 Å². The van der Waals surface area contributed by atoms with Crippen molar-refractivity contribution in [2.75, 3.05) is 6.61 Å². The predicted molar refractivity (Wildman–Crippen MR) is 121 cm³/mol. The van der Waals surface area contributed by atoms with E-state index in [0.717, 1.165) is 11.1 Å². The van der Waals surface area contributed by atoms with Gasteiger partial charge in [-0.1, -0.05) is 60.5 Å². The van der Waals surface area contributed by atoms with Crippen molar-refractivity contribution in [3.63, 3.8) is 0 Å². The summed E-state index contributed by atoms with van der Waals surface area (Å²) in [5, 5.41) is 11.3. The van der Waals surface area contributed by atoms with Crippen LogP contribution in [0, 0.1) is 0 Å². The lowest BCUT2D eigenvalue weighted by atomic mass is 9.86. The van der Waals surface area contributed by atoms with Crippen molar-refractivity contribution in [2.24, 2.45) is 0 Å². The molecule has 0 bridgehead atoms. The minimum atomic E-state index is -1.10. The standard InChI is InChI=1S/C24H27Cl2NO3/c1-4-13-24(3)23(29)27(20(5-2)15-28)21(16-9-11-18(25)12-10-16)22(30-24)17-7-6-8-19(26)14-17/h4,6-12,14,20-22,28H,1,5,13,15H2,2-3H3. The SMILES string of the molecule is C=CCC1(C)OC(c2cccc(Cl)c2)C(c2ccc(Cl)cc2)N(C(CC)CO)C1=O. The van der Waals surface area contributed by atoms with Crippen LogP contribution in [-0.4, -0.2) is 34.2 Å². The molecule has 4 unspecified atom stereocenters. The Labute approximate surface area is 188 Å². The molecule has 1 aliphatic rings. The van der Waals surface area contributed by atoms with E-state index in [-0.39, 0.29) is 18.6 Å². The molecule has 0 spiro atoms. The minimum absolute atomic E-state index is 0.140. The highest BCUT2D eigenvalue weighted by Gasteiger charge is 2.51. The molecule has 0 radical (unpaired) electrons. The van der Waals surface area contributed by atoms with Gasteiger partial charge < -0.3 is 14.7 Å². The van der Waals surface area contributed by atoms with Gasteiger partial charge in [-0.2, -0.15) is 0 Å². The summed E-state index contributed by atoms with van der Waals surface area (Å²) in [4.78, 5) is 15.5. The maximum atomic E-state index is 13.7. The first-order valence-corrected chi connectivity index (χ1v) is 10.8. The van der Waals surface area contributed by atoms with E-state index in [0.29, 0.717) is 22.9 Å². The van der Waals surface area contributed by atoms with Gasteiger partial charge in [0.1, 0.15) is 11.7 Å². The Morgan fingerprint density at radius 2 is 1.90 bits per heavy atom. The van der Waals surface area contributed by atoms with Gasteiger partial charge in [-0.15, -0.1) is 6.58 Å². The highest BCUT2D eigenvalue weighted by Crippen LogP contribution is 2.47. The average Bonchev–Trinajstić information content (AvgIpc) is 2.73. The molecule has 0 aliphatic carbocycles. The molecular weight excluding hydrogens is 421 g/mol. The number of halogens is 2. The topological polar surface area (TPSA) is 49.8 Å². The number of rotatable bonds is 7. The largest absolute Gasteiger partial charge is 0.394 e. The predicted octanol–water partition coefficient (Wildman–Crippen LogP) is 5.74. The Kier molecular flexibility index (Phi) is 7.25. The number of carbonyl (C=O) groups is 1. The molecule has 1 saturated heterocycles. The second kappa shape index (κ2) is 9.52. The molecule has 2 aromatic rings. The fraction of sp³-hybridized carbons (Fsp3) is 0.375. The molecule has 0 saturated carbocycles. The van der Waals surface area contributed by atoms with Crippen LogP contribution in [-0.2, 0) is 9.53 Å². The maximum absolute atomic E-state index is 13.7. The number of carbonyl (C=O) groups excluding carboxylic acids is 1. The van der Waals surface area contributed by atoms with Crippen LogP contribution in [0.1, 0.15) is 50.0 Å². The van der Waals surface area contributed by atoms with E-state index in [9.17, 15) is 9.90 Å². The van der Waals surface area contributed by atoms with Gasteiger partial charge in [-0.25, -0.2) is 0 Å². The van der Waals surface area contributed by atoms with Crippen molar-refractivity contribution in [2.45, 2.75) is 50.5 Å². The second-order valence-corrected chi connectivity index (χ2v) is 8.64. The second-order valence-electron chi connectivity index (χ2n) is 7.77. The van der Waals surface area contributed by atoms with Crippen LogP contribution in [0.15, 0.2) is 61.2 Å². The Hall–Kier alpha value is -1.85. The average molecular weight is 448 g/mol. The van der Waals surface area contributed by atoms with Crippen molar-refractivity contribution in [1.82, 2.24) is 4.90 Å². The van der Waals surface area contributed by atoms with Crippen molar-refractivity contribution in [3.8, 4) is 0 Å². The van der Waals surface area contributed by atoms with Crippen LogP contribution in [0.5, 0.6) is 0 Å². The zero-order valence-electron chi connectivity index (χ0n) is 17.2. The number of nitrogens with zero attached hydrogens (tertiary/aromatic N) is 1. The Morgan fingerprint density at radius 3 is 2.47 bits per heavy atom. The zero-order valence-corrected chi connectivity index (χ0v) is 18.7. The van der Waals surface area contributed by atoms with E-state index in [1.54, 1.807) is 36.1 Å². The molecule has 1 heterocycles. The molecule has 1 fully saturated rings. The van der Waals surface area contributed by atoms with Crippen LogP contribution in [0.4, 0.5) is 0 Å². The normalized spacial score (nSPS) is 25.2. The van der Waals surface area contributed by atoms with Crippen LogP contribution in [0.3, 0.4) is 0 Å². The molecule has 160 valence electrons. The quantitative estimate of drug-likeness (QED) is 0.550. The molecule has 4 atom stereocenters. The van der Waals surface area contributed by atoms with E-state index in [1.807, 2.05) is 37.3 Å². The summed E-state index contributed by atoms with van der Waals surface area (Å²) in [5.74, 6) is -0.165. The molecule has 6 heteroatoms. The number of aliphatic hydroxyl groups excluding tert-OH is 1. The number of amides is 1. The number of aliphatic hydroxyl groups is 1. The summed E-state index contributed by atoms with van der Waals surface area (Å²) in [6, 6.07) is 14.1. The monoisotopic (exact) mass is 447 g/mol. The highest BCUT2D eigenvalue weighted by molar-refractivity contribution is 6.30. The lowest BCUT2D eigenvalue weighted by Gasteiger charge is -2.51. The van der Waals surface area contributed by atoms with Crippen molar-refractivity contribution >= 4 is 29.1 Å². The van der Waals surface area contributed by atoms with Crippen molar-refractivity contribution in [3.05, 3.63) is 82.4 Å². The van der Waals surface area contributed by atoms with E-state index in [2.05, 4.69) is 6.58 Å². The molecular formula is C24H27Cl2NO3. The van der Waals surface area contributed by atoms with E-state index in [4.69, 9.17) is 27.9 Å². The first-order valence-electron chi connectivity index (χ1n) is 10.1. The Bertz CT molecular complexity index is 898. The summed E-state index contributed by atoms with van der Waals surface area (Å²) >= 11 is 12.4. The van der Waals surface area contributed by atoms with Crippen molar-refractivity contribution < 1.29 is 14.6 Å². The first kappa shape index (κ1) is 22.8. The Morgan fingerprint density at radius 1 is 1.20 bits per heavy atom. The highest BCUT2D eigenvalue weighted by atomic mass is 35.5. The molecule has 30 heavy (non-hydrogen) atoms. The molecule has 4 nitrogen and oxygen atoms in total. The van der Waals surface area contributed by atoms with Crippen molar-refractivity contribution in [1.29, 1.82) is 0 Å². The Balaban J connectivity index is 2.22. The fourth-order valence-electron chi connectivity index (χ4n) is 4.09. The number of benzene rings is 2. The lowest BCUT2D eigenvalue weighted by Crippen LogP contribution is -2.60. The lowest BCUT2D eigenvalue weighted by molar-refractivity contribution is -0.203. The van der Waals surface area contributed by atoms with Gasteiger partial charge in [0.25, 0.3) is 5.91 Å². The third-order valence-corrected chi connectivity index (χ3v) is 6.15. The first-order chi connectivity index (χ1) is 14.3. The van der Waals surface area contributed by atoms with Crippen LogP contribution < -0.4 is 0 Å². The van der Waals surface area contributed by atoms with E-state index < -0.39 is 17.7 Å². The van der Waals surface area contributed by atoms with Gasteiger partial charge >= 0.3 is 0 Å². The smallest absolute Gasteiger partial charge is 0.255 e. The molecule has 0 aromatic heterocycles. The van der Waals surface area contributed by atoms with Gasteiger partial charge in [0.15, 0.2) is 0 Å². The molecule has 3 rings (SSSR count). The summed E-state index contributed by atoms with van der Waals surface area (Å²) in [5.41, 5.74) is 0.647. The van der Waals surface area contributed by atoms with Crippen LogP contribution in [0.2, 0.25) is 10.0 Å². The van der Waals surface area contributed by atoms with Gasteiger partial charge in [0.2, 0.25) is 0 Å². The van der Waals surface area contributed by atoms with Gasteiger partial charge in [0, 0.05) is 16.5 Å². The number of hydrogen-bond acceptors (Lipinski definition) is 3. The number of morpholine rings is 1. The third kappa shape index (κ3) is 4.42. The summed E-state index contributed by atoms with van der Waals surface area (Å²) in [6.07, 6.45) is 2.18. The molecule has 1 amide bonds. The number of hydrogen-bond donors (Lipinski definition) is 1. The zero-order chi connectivity index (χ0) is 21.9. The molecule has 1 N–H and O–H groups in total. The summed E-state index contributed by atoms with van der Waals surface area (Å²) in [6.45, 7) is 7.41. The minimum Gasteiger partial charge on any atom is -0.394 e. The maximum Gasteiger partial charge on any atom is 0.255 e. The molecule has 1 aliphatic heterocycles.